The summed E-state index contributed by atoms with van der Waals surface area (Å²) < 4.78 is 12.4. The lowest BCUT2D eigenvalue weighted by atomic mass is 9.90. The fourth-order valence-electron chi connectivity index (χ4n) is 2.52. The normalized spacial score (nSPS) is 18.7. The van der Waals surface area contributed by atoms with Crippen LogP contribution in [-0.2, 0) is 16.0 Å². The number of hydrogen-bond acceptors (Lipinski definition) is 5. The van der Waals surface area contributed by atoms with Crippen LogP contribution in [0.15, 0.2) is 6.20 Å². The van der Waals surface area contributed by atoms with Crippen LogP contribution in [0.3, 0.4) is 0 Å². The molecule has 3 N–H and O–H groups in total. The summed E-state index contributed by atoms with van der Waals surface area (Å²) >= 11 is 6.27. The van der Waals surface area contributed by atoms with Gasteiger partial charge in [-0.2, -0.15) is 5.10 Å². The maximum atomic E-state index is 6.27. The smallest absolute Gasteiger partial charge is 0.0834 e. The van der Waals surface area contributed by atoms with Crippen molar-refractivity contribution in [2.45, 2.75) is 25.4 Å². The highest BCUT2D eigenvalue weighted by Crippen LogP contribution is 2.33. The number of nitrogens with zero attached hydrogens (tertiary/aromatic N) is 2. The number of aromatic nitrogens is 2. The summed E-state index contributed by atoms with van der Waals surface area (Å²) in [5, 5.41) is 4.94. The highest BCUT2D eigenvalue weighted by Gasteiger charge is 2.29. The summed E-state index contributed by atoms with van der Waals surface area (Å²) in [5.74, 6) is 6.15. The molecule has 0 amide bonds. The molecule has 1 aliphatic heterocycles. The molecule has 108 valence electrons. The lowest BCUT2D eigenvalue weighted by Crippen LogP contribution is -2.38. The Labute approximate surface area is 118 Å². The molecule has 7 heteroatoms. The minimum absolute atomic E-state index is 0.00393. The third kappa shape index (κ3) is 3.46. The van der Waals surface area contributed by atoms with E-state index in [4.69, 9.17) is 26.9 Å². The van der Waals surface area contributed by atoms with Gasteiger partial charge in [-0.25, -0.2) is 0 Å². The fraction of sp³-hybridized carbons (Fsp3) is 0.750. The van der Waals surface area contributed by atoms with Crippen molar-refractivity contribution in [3.8, 4) is 0 Å². The van der Waals surface area contributed by atoms with E-state index in [2.05, 4.69) is 10.5 Å². The molecule has 0 radical (unpaired) electrons. The summed E-state index contributed by atoms with van der Waals surface area (Å²) in [6, 6.07) is -0.00393. The number of rotatable bonds is 6. The third-order valence-electron chi connectivity index (χ3n) is 3.55. The van der Waals surface area contributed by atoms with E-state index in [1.807, 2.05) is 4.68 Å². The molecule has 1 aliphatic rings. The Morgan fingerprint density at radius 1 is 1.63 bits per heavy atom. The average molecular weight is 289 g/mol. The van der Waals surface area contributed by atoms with Gasteiger partial charge in [-0.1, -0.05) is 11.6 Å². The Kier molecular flexibility index (Phi) is 5.59. The van der Waals surface area contributed by atoms with Gasteiger partial charge in [0.05, 0.1) is 36.1 Å². The van der Waals surface area contributed by atoms with Gasteiger partial charge in [0.2, 0.25) is 0 Å². The van der Waals surface area contributed by atoms with Crippen molar-refractivity contribution in [3.05, 3.63) is 16.9 Å². The molecular formula is C12H21ClN4O2. The van der Waals surface area contributed by atoms with E-state index >= 15 is 0 Å². The van der Waals surface area contributed by atoms with Crippen LogP contribution in [0.25, 0.3) is 0 Å². The predicted octanol–water partition coefficient (Wildman–Crippen LogP) is 1.11. The van der Waals surface area contributed by atoms with E-state index in [0.29, 0.717) is 24.1 Å². The van der Waals surface area contributed by atoms with Crippen molar-refractivity contribution in [3.63, 3.8) is 0 Å². The Hall–Kier alpha value is -0.660. The second-order valence-electron chi connectivity index (χ2n) is 4.69. The minimum Gasteiger partial charge on any atom is -0.383 e. The summed E-state index contributed by atoms with van der Waals surface area (Å²) in [5.41, 5.74) is 3.83. The number of hydrazine groups is 1. The standard InChI is InChI=1S/C12H21ClN4O2/c1-18-7-4-17-12(10(13)8-15-17)11(16-14)9-2-5-19-6-3-9/h8-9,11,16H,2-7,14H2,1H3. The van der Waals surface area contributed by atoms with E-state index < -0.39 is 0 Å². The Morgan fingerprint density at radius 3 is 3.00 bits per heavy atom. The Balaban J connectivity index is 2.18. The van der Waals surface area contributed by atoms with Gasteiger partial charge in [0, 0.05) is 20.3 Å². The Bertz CT molecular complexity index is 393. The largest absolute Gasteiger partial charge is 0.383 e. The van der Waals surface area contributed by atoms with E-state index in [1.54, 1.807) is 13.3 Å². The summed E-state index contributed by atoms with van der Waals surface area (Å²) in [6.45, 7) is 2.80. The van der Waals surface area contributed by atoms with Crippen LogP contribution in [0.1, 0.15) is 24.6 Å². The highest BCUT2D eigenvalue weighted by atomic mass is 35.5. The molecule has 2 rings (SSSR count). The van der Waals surface area contributed by atoms with Crippen LogP contribution >= 0.6 is 11.6 Å². The first-order chi connectivity index (χ1) is 9.27. The van der Waals surface area contributed by atoms with Crippen LogP contribution in [0.4, 0.5) is 0 Å². The summed E-state index contributed by atoms with van der Waals surface area (Å²) in [7, 11) is 1.67. The Morgan fingerprint density at radius 2 is 2.37 bits per heavy atom. The minimum atomic E-state index is -0.00393. The number of nitrogens with one attached hydrogen (secondary N) is 1. The summed E-state index contributed by atoms with van der Waals surface area (Å²) in [4.78, 5) is 0. The van der Waals surface area contributed by atoms with Crippen molar-refractivity contribution in [1.29, 1.82) is 0 Å². The lowest BCUT2D eigenvalue weighted by molar-refractivity contribution is 0.0522. The zero-order valence-corrected chi connectivity index (χ0v) is 11.9. The van der Waals surface area contributed by atoms with Gasteiger partial charge in [0.15, 0.2) is 0 Å². The van der Waals surface area contributed by atoms with Gasteiger partial charge >= 0.3 is 0 Å². The van der Waals surface area contributed by atoms with Gasteiger partial charge in [-0.05, 0) is 18.8 Å². The molecule has 0 aromatic carbocycles. The SMILES string of the molecule is COCCn1ncc(Cl)c1C(NN)C1CCOCC1. The average Bonchev–Trinajstić information content (AvgIpc) is 2.80. The molecule has 0 saturated carbocycles. The van der Waals surface area contributed by atoms with Crippen LogP contribution in [0.5, 0.6) is 0 Å². The van der Waals surface area contributed by atoms with Crippen molar-refractivity contribution in [2.75, 3.05) is 26.9 Å². The topological polar surface area (TPSA) is 74.3 Å². The zero-order valence-electron chi connectivity index (χ0n) is 11.1. The van der Waals surface area contributed by atoms with Crippen molar-refractivity contribution in [1.82, 2.24) is 15.2 Å². The van der Waals surface area contributed by atoms with Crippen LogP contribution in [-0.4, -0.2) is 36.7 Å². The number of nitrogens with two attached hydrogens (primary N) is 1. The number of methoxy groups -OCH3 is 1. The van der Waals surface area contributed by atoms with Gasteiger partial charge < -0.3 is 9.47 Å². The van der Waals surface area contributed by atoms with E-state index in [-0.39, 0.29) is 6.04 Å². The first kappa shape index (κ1) is 14.7. The fourth-order valence-corrected chi connectivity index (χ4v) is 2.78. The monoisotopic (exact) mass is 288 g/mol. The molecule has 0 spiro atoms. The second kappa shape index (κ2) is 7.21. The number of hydrogen-bond donors (Lipinski definition) is 2. The molecule has 1 aromatic heterocycles. The molecule has 2 heterocycles. The maximum Gasteiger partial charge on any atom is 0.0834 e. The molecule has 1 aromatic rings. The number of ether oxygens (including phenoxy) is 2. The quantitative estimate of drug-likeness (QED) is 0.606. The maximum absolute atomic E-state index is 6.27. The van der Waals surface area contributed by atoms with Crippen LogP contribution in [0, 0.1) is 5.92 Å². The molecular weight excluding hydrogens is 268 g/mol. The van der Waals surface area contributed by atoms with Crippen molar-refractivity contribution >= 4 is 11.6 Å². The number of halogens is 1. The van der Waals surface area contributed by atoms with Gasteiger partial charge in [-0.3, -0.25) is 16.0 Å². The molecule has 1 atom stereocenters. The van der Waals surface area contributed by atoms with Crippen molar-refractivity contribution in [2.24, 2.45) is 11.8 Å². The molecule has 19 heavy (non-hydrogen) atoms. The molecule has 1 saturated heterocycles. The van der Waals surface area contributed by atoms with Crippen molar-refractivity contribution < 1.29 is 9.47 Å². The first-order valence-electron chi connectivity index (χ1n) is 6.52. The molecule has 1 unspecified atom stereocenters. The second-order valence-corrected chi connectivity index (χ2v) is 5.10. The third-order valence-corrected chi connectivity index (χ3v) is 3.84. The molecule has 0 aliphatic carbocycles. The zero-order chi connectivity index (χ0) is 13.7. The van der Waals surface area contributed by atoms with Gasteiger partial charge in [-0.15, -0.1) is 0 Å². The molecule has 0 bridgehead atoms. The van der Waals surface area contributed by atoms with E-state index in [1.165, 1.54) is 0 Å². The van der Waals surface area contributed by atoms with E-state index in [9.17, 15) is 0 Å². The van der Waals surface area contributed by atoms with Crippen LogP contribution < -0.4 is 11.3 Å². The molecule has 1 fully saturated rings. The summed E-state index contributed by atoms with van der Waals surface area (Å²) in [6.07, 6.45) is 3.61. The highest BCUT2D eigenvalue weighted by molar-refractivity contribution is 6.31. The van der Waals surface area contributed by atoms with Crippen LogP contribution in [0.2, 0.25) is 5.02 Å². The predicted molar refractivity (Wildman–Crippen MR) is 72.7 cm³/mol. The molecule has 6 nitrogen and oxygen atoms in total. The lowest BCUT2D eigenvalue weighted by Gasteiger charge is -2.30. The van der Waals surface area contributed by atoms with Gasteiger partial charge in [0.1, 0.15) is 0 Å². The van der Waals surface area contributed by atoms with E-state index in [0.717, 1.165) is 31.7 Å². The first-order valence-corrected chi connectivity index (χ1v) is 6.89. The van der Waals surface area contributed by atoms with Gasteiger partial charge in [0.25, 0.3) is 0 Å².